The fraction of sp³-hybridized carbons (Fsp3) is 0.0952. The van der Waals surface area contributed by atoms with Crippen molar-refractivity contribution in [3.8, 4) is 0 Å². The zero-order chi connectivity index (χ0) is 20.1. The smallest absolute Gasteiger partial charge is 0.258 e. The maximum atomic E-state index is 12.7. The number of anilines is 1. The highest BCUT2D eigenvalue weighted by molar-refractivity contribution is 6.31. The number of carbonyl (C=O) groups is 1. The summed E-state index contributed by atoms with van der Waals surface area (Å²) >= 11 is 6.01. The maximum Gasteiger partial charge on any atom is 0.258 e. The summed E-state index contributed by atoms with van der Waals surface area (Å²) in [6.07, 6.45) is 5.93. The number of imidazole rings is 1. The van der Waals surface area contributed by atoms with Crippen molar-refractivity contribution in [3.63, 3.8) is 0 Å². The van der Waals surface area contributed by atoms with Crippen LogP contribution in [0.2, 0.25) is 5.02 Å². The molecule has 2 heterocycles. The van der Waals surface area contributed by atoms with Crippen molar-refractivity contribution in [2.75, 3.05) is 11.9 Å². The van der Waals surface area contributed by atoms with E-state index in [9.17, 15) is 4.79 Å². The van der Waals surface area contributed by atoms with Gasteiger partial charge in [-0.15, -0.1) is 0 Å². The van der Waals surface area contributed by atoms with Crippen molar-refractivity contribution in [1.82, 2.24) is 20.3 Å². The van der Waals surface area contributed by atoms with E-state index < -0.39 is 0 Å². The molecule has 7 nitrogen and oxygen atoms in total. The number of hydrogen-bond acceptors (Lipinski definition) is 3. The van der Waals surface area contributed by atoms with Crippen LogP contribution in [0.15, 0.2) is 72.2 Å². The van der Waals surface area contributed by atoms with Crippen LogP contribution in [0.25, 0.3) is 10.9 Å². The summed E-state index contributed by atoms with van der Waals surface area (Å²) in [7, 11) is 0. The molecule has 0 atom stereocenters. The molecule has 0 aliphatic carbocycles. The lowest BCUT2D eigenvalue weighted by Crippen LogP contribution is -2.36. The molecule has 0 aliphatic rings. The molecule has 146 valence electrons. The number of halogens is 1. The Bertz CT molecular complexity index is 1150. The van der Waals surface area contributed by atoms with E-state index in [2.05, 4.69) is 30.6 Å². The molecule has 0 spiro atoms. The highest BCUT2D eigenvalue weighted by atomic mass is 35.5. The van der Waals surface area contributed by atoms with Crippen molar-refractivity contribution < 1.29 is 4.79 Å². The van der Waals surface area contributed by atoms with Crippen molar-refractivity contribution in [2.45, 2.75) is 6.42 Å². The van der Waals surface area contributed by atoms with E-state index in [1.54, 1.807) is 36.8 Å². The van der Waals surface area contributed by atoms with Crippen LogP contribution in [-0.2, 0) is 6.42 Å². The lowest BCUT2D eigenvalue weighted by atomic mass is 10.2. The van der Waals surface area contributed by atoms with Crippen LogP contribution in [0.5, 0.6) is 0 Å². The number of nitrogens with zero attached hydrogens (tertiary/aromatic N) is 2. The fourth-order valence-corrected chi connectivity index (χ4v) is 3.14. The summed E-state index contributed by atoms with van der Waals surface area (Å²) in [5.74, 6) is 0.0653. The molecule has 0 aliphatic heterocycles. The minimum Gasteiger partial charge on any atom is -0.359 e. The molecule has 4 rings (SSSR count). The van der Waals surface area contributed by atoms with Gasteiger partial charge < -0.3 is 15.3 Å². The standard InChI is InChI=1S/C21H19ClN6O/c22-16-5-1-4-15(11-16)20(29)28-21(25-10-8-17-12-23-13-26-17)27-18-6-2-3-14-7-9-24-19(14)18/h1-7,9,11-13,24H,8,10H2,(H,23,26)(H2,25,27,28,29). The molecule has 8 heteroatoms. The van der Waals surface area contributed by atoms with E-state index in [4.69, 9.17) is 11.6 Å². The molecular weight excluding hydrogens is 388 g/mol. The molecule has 0 saturated heterocycles. The second-order valence-electron chi connectivity index (χ2n) is 6.39. The molecule has 2 aromatic heterocycles. The number of H-pyrrole nitrogens is 2. The molecule has 1 amide bonds. The van der Waals surface area contributed by atoms with Crippen LogP contribution < -0.4 is 10.6 Å². The van der Waals surface area contributed by atoms with Gasteiger partial charge >= 0.3 is 0 Å². The molecule has 4 aromatic rings. The Morgan fingerprint density at radius 1 is 1.14 bits per heavy atom. The zero-order valence-electron chi connectivity index (χ0n) is 15.4. The Morgan fingerprint density at radius 2 is 2.03 bits per heavy atom. The molecule has 0 bridgehead atoms. The number of benzene rings is 2. The van der Waals surface area contributed by atoms with E-state index in [-0.39, 0.29) is 5.91 Å². The van der Waals surface area contributed by atoms with Crippen molar-refractivity contribution >= 4 is 40.1 Å². The van der Waals surface area contributed by atoms with Gasteiger partial charge in [0, 0.05) is 47.0 Å². The first-order chi connectivity index (χ1) is 14.2. The second-order valence-corrected chi connectivity index (χ2v) is 6.83. The number of carbonyl (C=O) groups excluding carboxylic acids is 1. The molecule has 0 radical (unpaired) electrons. The molecule has 0 saturated carbocycles. The van der Waals surface area contributed by atoms with Gasteiger partial charge in [0.05, 0.1) is 17.5 Å². The van der Waals surface area contributed by atoms with Crippen LogP contribution >= 0.6 is 11.6 Å². The van der Waals surface area contributed by atoms with Gasteiger partial charge in [-0.2, -0.15) is 0 Å². The molecule has 29 heavy (non-hydrogen) atoms. The summed E-state index contributed by atoms with van der Waals surface area (Å²) < 4.78 is 0. The number of para-hydroxylation sites is 1. The van der Waals surface area contributed by atoms with Gasteiger partial charge in [0.2, 0.25) is 5.96 Å². The zero-order valence-corrected chi connectivity index (χ0v) is 16.2. The number of aliphatic imine (C=N–C) groups is 1. The Balaban J connectivity index is 1.56. The summed E-state index contributed by atoms with van der Waals surface area (Å²) in [6.45, 7) is 0.473. The van der Waals surface area contributed by atoms with Crippen LogP contribution in [0.3, 0.4) is 0 Å². The number of fused-ring (bicyclic) bond motifs is 1. The summed E-state index contributed by atoms with van der Waals surface area (Å²) in [4.78, 5) is 27.5. The number of aromatic nitrogens is 3. The highest BCUT2D eigenvalue weighted by Gasteiger charge is 2.11. The third-order valence-electron chi connectivity index (χ3n) is 4.36. The van der Waals surface area contributed by atoms with Crippen LogP contribution in [0.1, 0.15) is 16.1 Å². The predicted molar refractivity (Wildman–Crippen MR) is 115 cm³/mol. The van der Waals surface area contributed by atoms with Gasteiger partial charge in [-0.3, -0.25) is 15.1 Å². The van der Waals surface area contributed by atoms with Gasteiger partial charge in [0.25, 0.3) is 5.91 Å². The third kappa shape index (κ3) is 4.64. The largest absolute Gasteiger partial charge is 0.359 e. The van der Waals surface area contributed by atoms with Crippen LogP contribution in [-0.4, -0.2) is 33.4 Å². The molecule has 0 fully saturated rings. The first kappa shape index (κ1) is 18.8. The SMILES string of the molecule is O=C(NC(=NCCc1cnc[nH]1)Nc1cccc2cc[nH]c12)c1cccc(Cl)c1. The Hall–Kier alpha value is -3.58. The molecule has 2 aromatic carbocycles. The van der Waals surface area contributed by atoms with E-state index in [0.717, 1.165) is 22.3 Å². The van der Waals surface area contributed by atoms with Crippen molar-refractivity contribution in [1.29, 1.82) is 0 Å². The van der Waals surface area contributed by atoms with Crippen LogP contribution in [0.4, 0.5) is 5.69 Å². The van der Waals surface area contributed by atoms with Crippen molar-refractivity contribution in [3.05, 3.63) is 83.5 Å². The normalized spacial score (nSPS) is 11.6. The average molecular weight is 407 g/mol. The van der Waals surface area contributed by atoms with Crippen molar-refractivity contribution in [2.24, 2.45) is 4.99 Å². The lowest BCUT2D eigenvalue weighted by molar-refractivity contribution is 0.0977. The minimum atomic E-state index is -0.293. The van der Waals surface area contributed by atoms with E-state index in [1.807, 2.05) is 30.5 Å². The van der Waals surface area contributed by atoms with Gasteiger partial charge in [0.15, 0.2) is 0 Å². The number of hydrogen-bond donors (Lipinski definition) is 4. The van der Waals surface area contributed by atoms with Gasteiger partial charge in [-0.25, -0.2) is 4.98 Å². The fourth-order valence-electron chi connectivity index (χ4n) is 2.95. The Labute approximate surface area is 172 Å². The first-order valence-electron chi connectivity index (χ1n) is 9.11. The van der Waals surface area contributed by atoms with Crippen LogP contribution in [0, 0.1) is 0 Å². The number of guanidine groups is 1. The lowest BCUT2D eigenvalue weighted by Gasteiger charge is -2.13. The number of aromatic amines is 2. The third-order valence-corrected chi connectivity index (χ3v) is 4.60. The monoisotopic (exact) mass is 406 g/mol. The summed E-state index contributed by atoms with van der Waals surface area (Å²) in [5.41, 5.74) is 3.18. The second kappa shape index (κ2) is 8.62. The quantitative estimate of drug-likeness (QED) is 0.298. The topological polar surface area (TPSA) is 98.0 Å². The average Bonchev–Trinajstić information content (AvgIpc) is 3.40. The number of amides is 1. The van der Waals surface area contributed by atoms with Gasteiger partial charge in [0.1, 0.15) is 0 Å². The first-order valence-corrected chi connectivity index (χ1v) is 9.48. The van der Waals surface area contributed by atoms with Gasteiger partial charge in [-0.05, 0) is 30.3 Å². The van der Waals surface area contributed by atoms with Gasteiger partial charge in [-0.1, -0.05) is 29.8 Å². The minimum absolute atomic E-state index is 0.293. The highest BCUT2D eigenvalue weighted by Crippen LogP contribution is 2.21. The predicted octanol–water partition coefficient (Wildman–Crippen LogP) is 3.99. The Morgan fingerprint density at radius 3 is 2.86 bits per heavy atom. The molecular formula is C21H19ClN6O. The summed E-state index contributed by atoms with van der Waals surface area (Å²) in [5, 5.41) is 7.64. The molecule has 4 N–H and O–H groups in total. The molecule has 0 unspecified atom stereocenters. The van der Waals surface area contributed by atoms with E-state index >= 15 is 0 Å². The van der Waals surface area contributed by atoms with E-state index in [0.29, 0.717) is 29.5 Å². The number of nitrogens with one attached hydrogen (secondary N) is 4. The Kier molecular flexibility index (Phi) is 5.58. The summed E-state index contributed by atoms with van der Waals surface area (Å²) in [6, 6.07) is 14.6. The number of rotatable bonds is 5. The van der Waals surface area contributed by atoms with E-state index in [1.165, 1.54) is 0 Å². The maximum absolute atomic E-state index is 12.7.